The quantitative estimate of drug-likeness (QED) is 0.622. The fourth-order valence-electron chi connectivity index (χ4n) is 2.90. The van der Waals surface area contributed by atoms with Crippen LogP contribution in [-0.2, 0) is 0 Å². The molecule has 0 atom stereocenters. The Morgan fingerprint density at radius 3 is 2.18 bits per heavy atom. The summed E-state index contributed by atoms with van der Waals surface area (Å²) in [4.78, 5) is 2.59. The zero-order chi connectivity index (χ0) is 12.3. The first-order valence-corrected chi connectivity index (χ1v) is 7.79. The summed E-state index contributed by atoms with van der Waals surface area (Å²) in [6, 6.07) is 0. The van der Waals surface area contributed by atoms with E-state index < -0.39 is 0 Å². The molecule has 1 N–H and O–H groups in total. The lowest BCUT2D eigenvalue weighted by Gasteiger charge is -2.24. The van der Waals surface area contributed by atoms with Gasteiger partial charge < -0.3 is 10.2 Å². The van der Waals surface area contributed by atoms with Gasteiger partial charge in [-0.15, -0.1) is 0 Å². The van der Waals surface area contributed by atoms with Crippen LogP contribution in [0, 0.1) is 5.92 Å². The summed E-state index contributed by atoms with van der Waals surface area (Å²) in [5.74, 6) is 0.967. The Balaban J connectivity index is 2.00. The summed E-state index contributed by atoms with van der Waals surface area (Å²) in [5.41, 5.74) is 0. The average molecular weight is 240 g/mol. The predicted molar refractivity (Wildman–Crippen MR) is 76.5 cm³/mol. The zero-order valence-corrected chi connectivity index (χ0v) is 12.0. The maximum Gasteiger partial charge on any atom is 0.0107 e. The van der Waals surface area contributed by atoms with Crippen LogP contribution in [0.5, 0.6) is 0 Å². The molecular formula is C15H32N2. The molecule has 0 bridgehead atoms. The molecule has 0 aromatic rings. The van der Waals surface area contributed by atoms with Crippen LogP contribution in [0.15, 0.2) is 0 Å². The van der Waals surface area contributed by atoms with Crippen molar-refractivity contribution in [3.8, 4) is 0 Å². The van der Waals surface area contributed by atoms with E-state index in [9.17, 15) is 0 Å². The van der Waals surface area contributed by atoms with Crippen molar-refractivity contribution in [2.45, 2.75) is 58.8 Å². The molecule has 1 fully saturated rings. The van der Waals surface area contributed by atoms with Crippen molar-refractivity contribution in [1.29, 1.82) is 0 Å². The standard InChI is InChI=1S/C15H32N2/c1-3-11-17(12-4-2)13-10-16-14-15-8-6-5-7-9-15/h15-16H,3-14H2,1-2H3. The molecule has 2 heteroatoms. The highest BCUT2D eigenvalue weighted by atomic mass is 15.1. The molecule has 0 unspecified atom stereocenters. The Labute approximate surface area is 108 Å². The number of hydrogen-bond acceptors (Lipinski definition) is 2. The van der Waals surface area contributed by atoms with Crippen LogP contribution >= 0.6 is 0 Å². The molecule has 0 amide bonds. The number of nitrogens with one attached hydrogen (secondary N) is 1. The summed E-state index contributed by atoms with van der Waals surface area (Å²) in [7, 11) is 0. The third-order valence-corrected chi connectivity index (χ3v) is 3.84. The van der Waals surface area contributed by atoms with Crippen molar-refractivity contribution < 1.29 is 0 Å². The lowest BCUT2D eigenvalue weighted by molar-refractivity contribution is 0.266. The molecule has 0 radical (unpaired) electrons. The molecule has 1 rings (SSSR count). The van der Waals surface area contributed by atoms with Crippen molar-refractivity contribution in [2.24, 2.45) is 5.92 Å². The second kappa shape index (κ2) is 9.90. The van der Waals surface area contributed by atoms with Crippen LogP contribution in [0.3, 0.4) is 0 Å². The van der Waals surface area contributed by atoms with Crippen molar-refractivity contribution >= 4 is 0 Å². The van der Waals surface area contributed by atoms with Crippen molar-refractivity contribution in [3.63, 3.8) is 0 Å². The van der Waals surface area contributed by atoms with Crippen LogP contribution in [-0.4, -0.2) is 37.6 Å². The molecule has 0 heterocycles. The smallest absolute Gasteiger partial charge is 0.0107 e. The predicted octanol–water partition coefficient (Wildman–Crippen LogP) is 3.28. The van der Waals surface area contributed by atoms with Crippen LogP contribution in [0.1, 0.15) is 58.8 Å². The molecule has 17 heavy (non-hydrogen) atoms. The van der Waals surface area contributed by atoms with E-state index in [-0.39, 0.29) is 0 Å². The van der Waals surface area contributed by atoms with E-state index in [2.05, 4.69) is 24.1 Å². The summed E-state index contributed by atoms with van der Waals surface area (Å²) in [6.45, 7) is 10.7. The number of hydrogen-bond donors (Lipinski definition) is 1. The number of rotatable bonds is 9. The average Bonchev–Trinajstić information content (AvgIpc) is 2.36. The molecule has 0 saturated heterocycles. The van der Waals surface area contributed by atoms with Crippen molar-refractivity contribution in [2.75, 3.05) is 32.7 Å². The molecule has 0 aliphatic heterocycles. The molecule has 0 aromatic heterocycles. The third kappa shape index (κ3) is 7.05. The molecule has 1 saturated carbocycles. The van der Waals surface area contributed by atoms with Gasteiger partial charge in [-0.2, -0.15) is 0 Å². The van der Waals surface area contributed by atoms with E-state index in [0.29, 0.717) is 0 Å². The van der Waals surface area contributed by atoms with Crippen LogP contribution in [0.2, 0.25) is 0 Å². The minimum atomic E-state index is 0.967. The first kappa shape index (κ1) is 15.0. The molecule has 1 aliphatic rings. The second-order valence-corrected chi connectivity index (χ2v) is 5.55. The van der Waals surface area contributed by atoms with Gasteiger partial charge in [0.05, 0.1) is 0 Å². The minimum Gasteiger partial charge on any atom is -0.315 e. The highest BCUT2D eigenvalue weighted by Crippen LogP contribution is 2.22. The van der Waals surface area contributed by atoms with E-state index in [1.807, 2.05) is 0 Å². The molecule has 2 nitrogen and oxygen atoms in total. The summed E-state index contributed by atoms with van der Waals surface area (Å²) in [6.07, 6.45) is 9.87. The normalized spacial score (nSPS) is 17.8. The number of nitrogens with zero attached hydrogens (tertiary/aromatic N) is 1. The van der Waals surface area contributed by atoms with E-state index in [1.165, 1.54) is 77.7 Å². The van der Waals surface area contributed by atoms with Gasteiger partial charge in [-0.1, -0.05) is 33.1 Å². The Bertz CT molecular complexity index is 158. The van der Waals surface area contributed by atoms with Crippen LogP contribution in [0.4, 0.5) is 0 Å². The van der Waals surface area contributed by atoms with Gasteiger partial charge in [0.15, 0.2) is 0 Å². The van der Waals surface area contributed by atoms with Gasteiger partial charge in [0.1, 0.15) is 0 Å². The molecule has 102 valence electrons. The lowest BCUT2D eigenvalue weighted by atomic mass is 9.89. The molecule has 1 aliphatic carbocycles. The van der Waals surface area contributed by atoms with Gasteiger partial charge in [0, 0.05) is 13.1 Å². The van der Waals surface area contributed by atoms with Crippen molar-refractivity contribution in [1.82, 2.24) is 10.2 Å². The molecular weight excluding hydrogens is 208 g/mol. The van der Waals surface area contributed by atoms with Gasteiger partial charge in [-0.05, 0) is 51.2 Å². The van der Waals surface area contributed by atoms with Gasteiger partial charge >= 0.3 is 0 Å². The van der Waals surface area contributed by atoms with Crippen LogP contribution < -0.4 is 5.32 Å². The third-order valence-electron chi connectivity index (χ3n) is 3.84. The van der Waals surface area contributed by atoms with Gasteiger partial charge in [-0.3, -0.25) is 0 Å². The molecule has 0 aromatic carbocycles. The van der Waals surface area contributed by atoms with E-state index in [1.54, 1.807) is 0 Å². The second-order valence-electron chi connectivity index (χ2n) is 5.55. The molecule has 0 spiro atoms. The summed E-state index contributed by atoms with van der Waals surface area (Å²) >= 11 is 0. The van der Waals surface area contributed by atoms with Crippen molar-refractivity contribution in [3.05, 3.63) is 0 Å². The van der Waals surface area contributed by atoms with E-state index in [0.717, 1.165) is 5.92 Å². The Morgan fingerprint density at radius 1 is 0.941 bits per heavy atom. The maximum atomic E-state index is 3.66. The monoisotopic (exact) mass is 240 g/mol. The van der Waals surface area contributed by atoms with E-state index >= 15 is 0 Å². The Hall–Kier alpha value is -0.0800. The van der Waals surface area contributed by atoms with Gasteiger partial charge in [-0.25, -0.2) is 0 Å². The van der Waals surface area contributed by atoms with E-state index in [4.69, 9.17) is 0 Å². The lowest BCUT2D eigenvalue weighted by Crippen LogP contribution is -2.35. The summed E-state index contributed by atoms with van der Waals surface area (Å²) < 4.78 is 0. The SMILES string of the molecule is CCCN(CCC)CCNCC1CCCCC1. The highest BCUT2D eigenvalue weighted by molar-refractivity contribution is 4.68. The minimum absolute atomic E-state index is 0.967. The zero-order valence-electron chi connectivity index (χ0n) is 12.0. The first-order chi connectivity index (χ1) is 8.36. The summed E-state index contributed by atoms with van der Waals surface area (Å²) in [5, 5.41) is 3.66. The van der Waals surface area contributed by atoms with Crippen LogP contribution in [0.25, 0.3) is 0 Å². The largest absolute Gasteiger partial charge is 0.315 e. The fourth-order valence-corrected chi connectivity index (χ4v) is 2.90. The van der Waals surface area contributed by atoms with Gasteiger partial charge in [0.25, 0.3) is 0 Å². The Kier molecular flexibility index (Phi) is 8.72. The topological polar surface area (TPSA) is 15.3 Å². The van der Waals surface area contributed by atoms with Gasteiger partial charge in [0.2, 0.25) is 0 Å². The Morgan fingerprint density at radius 2 is 1.59 bits per heavy atom. The highest BCUT2D eigenvalue weighted by Gasteiger charge is 2.12. The fraction of sp³-hybridized carbons (Fsp3) is 1.00. The first-order valence-electron chi connectivity index (χ1n) is 7.79. The maximum absolute atomic E-state index is 3.66.